The van der Waals surface area contributed by atoms with Gasteiger partial charge in [-0.25, -0.2) is 4.98 Å². The second-order valence-corrected chi connectivity index (χ2v) is 4.14. The lowest BCUT2D eigenvalue weighted by Gasteiger charge is -2.34. The molecule has 0 bridgehead atoms. The van der Waals surface area contributed by atoms with E-state index in [1.54, 1.807) is 12.3 Å². The molecule has 1 aliphatic rings. The van der Waals surface area contributed by atoms with E-state index in [1.807, 2.05) is 6.07 Å². The molecular weight excluding hydrogens is 216 g/mol. The summed E-state index contributed by atoms with van der Waals surface area (Å²) in [4.78, 5) is 6.49. The van der Waals surface area contributed by atoms with Crippen LogP contribution < -0.4 is 10.6 Å². The van der Waals surface area contributed by atoms with E-state index < -0.39 is 0 Å². The van der Waals surface area contributed by atoms with E-state index in [4.69, 9.17) is 15.9 Å². The Bertz CT molecular complexity index is 407. The third-order valence-corrected chi connectivity index (χ3v) is 2.97. The third-order valence-electron chi connectivity index (χ3n) is 2.97. The maximum Gasteiger partial charge on any atom is 0.139 e. The van der Waals surface area contributed by atoms with E-state index >= 15 is 0 Å². The highest BCUT2D eigenvalue weighted by molar-refractivity contribution is 5.99. The van der Waals surface area contributed by atoms with Gasteiger partial charge in [-0.2, -0.15) is 0 Å². The van der Waals surface area contributed by atoms with Crippen molar-refractivity contribution >= 4 is 11.7 Å². The van der Waals surface area contributed by atoms with Gasteiger partial charge in [0, 0.05) is 19.3 Å². The predicted octanol–water partition coefficient (Wildman–Crippen LogP) is 0.981. The lowest BCUT2D eigenvalue weighted by Crippen LogP contribution is -2.43. The van der Waals surface area contributed by atoms with Crippen LogP contribution in [0.15, 0.2) is 18.3 Å². The van der Waals surface area contributed by atoms with Crippen LogP contribution >= 0.6 is 0 Å². The maximum atomic E-state index is 7.57. The van der Waals surface area contributed by atoms with Crippen LogP contribution in [0.4, 0.5) is 5.82 Å². The van der Waals surface area contributed by atoms with Gasteiger partial charge in [0.25, 0.3) is 0 Å². The molecule has 92 valence electrons. The van der Waals surface area contributed by atoms with Crippen LogP contribution in [0.25, 0.3) is 0 Å². The lowest BCUT2D eigenvalue weighted by atomic mass is 10.2. The number of anilines is 1. The van der Waals surface area contributed by atoms with E-state index in [9.17, 15) is 0 Å². The number of aromatic nitrogens is 1. The molecule has 0 spiro atoms. The zero-order valence-corrected chi connectivity index (χ0v) is 10.0. The summed E-state index contributed by atoms with van der Waals surface area (Å²) in [6.45, 7) is 4.42. The van der Waals surface area contributed by atoms with Crippen LogP contribution in [0.1, 0.15) is 18.9 Å². The molecule has 2 heterocycles. The van der Waals surface area contributed by atoms with Crippen molar-refractivity contribution in [2.24, 2.45) is 5.73 Å². The van der Waals surface area contributed by atoms with Gasteiger partial charge in [0.2, 0.25) is 0 Å². The molecule has 0 radical (unpaired) electrons. The fraction of sp³-hybridized carbons (Fsp3) is 0.500. The first-order valence-electron chi connectivity index (χ1n) is 5.88. The quantitative estimate of drug-likeness (QED) is 0.604. The van der Waals surface area contributed by atoms with Crippen LogP contribution in [0, 0.1) is 5.41 Å². The van der Waals surface area contributed by atoms with Gasteiger partial charge in [-0.05, 0) is 18.6 Å². The van der Waals surface area contributed by atoms with Crippen molar-refractivity contribution < 1.29 is 4.74 Å². The molecule has 5 nitrogen and oxygen atoms in total. The fourth-order valence-electron chi connectivity index (χ4n) is 2.02. The predicted molar refractivity (Wildman–Crippen MR) is 67.5 cm³/mol. The van der Waals surface area contributed by atoms with Crippen molar-refractivity contribution in [2.75, 3.05) is 24.6 Å². The van der Waals surface area contributed by atoms with Gasteiger partial charge in [0.1, 0.15) is 11.7 Å². The molecular formula is C12H18N4O. The Morgan fingerprint density at radius 3 is 3.24 bits per heavy atom. The Morgan fingerprint density at radius 2 is 2.53 bits per heavy atom. The number of nitrogens with zero attached hydrogens (tertiary/aromatic N) is 2. The molecule has 0 amide bonds. The number of nitrogens with one attached hydrogen (secondary N) is 1. The molecule has 1 fully saturated rings. The number of ether oxygens (including phenoxy) is 1. The normalized spacial score (nSPS) is 20.3. The Labute approximate surface area is 101 Å². The summed E-state index contributed by atoms with van der Waals surface area (Å²) in [5.41, 5.74) is 6.27. The highest BCUT2D eigenvalue weighted by Crippen LogP contribution is 2.20. The van der Waals surface area contributed by atoms with Crippen molar-refractivity contribution in [1.29, 1.82) is 5.41 Å². The molecule has 2 rings (SSSR count). The highest BCUT2D eigenvalue weighted by Gasteiger charge is 2.22. The van der Waals surface area contributed by atoms with Crippen molar-refractivity contribution in [3.8, 4) is 0 Å². The van der Waals surface area contributed by atoms with E-state index in [-0.39, 0.29) is 11.9 Å². The Morgan fingerprint density at radius 1 is 1.71 bits per heavy atom. The average molecular weight is 234 g/mol. The third kappa shape index (κ3) is 2.55. The largest absolute Gasteiger partial charge is 0.384 e. The molecule has 0 aromatic carbocycles. The van der Waals surface area contributed by atoms with Crippen molar-refractivity contribution in [3.63, 3.8) is 0 Å². The van der Waals surface area contributed by atoms with E-state index in [1.165, 1.54) is 0 Å². The van der Waals surface area contributed by atoms with Crippen LogP contribution in [0.3, 0.4) is 0 Å². The maximum absolute atomic E-state index is 7.57. The summed E-state index contributed by atoms with van der Waals surface area (Å²) in [5, 5.41) is 7.57. The molecule has 1 aromatic rings. The minimum absolute atomic E-state index is 0.0626. The number of pyridine rings is 1. The second kappa shape index (κ2) is 5.14. The highest BCUT2D eigenvalue weighted by atomic mass is 16.5. The van der Waals surface area contributed by atoms with Crippen molar-refractivity contribution in [2.45, 2.75) is 19.4 Å². The van der Waals surface area contributed by atoms with Crippen LogP contribution in [-0.4, -0.2) is 36.6 Å². The number of nitrogen functional groups attached to an aromatic ring is 1. The Kier molecular flexibility index (Phi) is 3.58. The lowest BCUT2D eigenvalue weighted by molar-refractivity contribution is 0.0381. The fourth-order valence-corrected chi connectivity index (χ4v) is 2.02. The smallest absolute Gasteiger partial charge is 0.139 e. The molecule has 0 saturated carbocycles. The Hall–Kier alpha value is -1.62. The topological polar surface area (TPSA) is 75.2 Å². The van der Waals surface area contributed by atoms with Crippen molar-refractivity contribution in [3.05, 3.63) is 23.9 Å². The summed E-state index contributed by atoms with van der Waals surface area (Å²) in [5.74, 6) is 0.856. The van der Waals surface area contributed by atoms with Crippen molar-refractivity contribution in [1.82, 2.24) is 4.98 Å². The molecule has 1 aromatic heterocycles. The summed E-state index contributed by atoms with van der Waals surface area (Å²) in [7, 11) is 0. The molecule has 3 N–H and O–H groups in total. The summed E-state index contributed by atoms with van der Waals surface area (Å²) in [6, 6.07) is 3.64. The van der Waals surface area contributed by atoms with Gasteiger partial charge in [-0.15, -0.1) is 0 Å². The zero-order valence-electron chi connectivity index (χ0n) is 10.0. The van der Waals surface area contributed by atoms with Gasteiger partial charge in [-0.1, -0.05) is 6.92 Å². The number of nitrogens with two attached hydrogens (primary N) is 1. The average Bonchev–Trinajstić information content (AvgIpc) is 2.39. The minimum Gasteiger partial charge on any atom is -0.384 e. The summed E-state index contributed by atoms with van der Waals surface area (Å²) >= 11 is 0. The molecule has 17 heavy (non-hydrogen) atoms. The molecule has 1 unspecified atom stereocenters. The van der Waals surface area contributed by atoms with Gasteiger partial charge in [-0.3, -0.25) is 5.41 Å². The molecule has 1 saturated heterocycles. The first-order chi connectivity index (χ1) is 8.22. The van der Waals surface area contributed by atoms with Gasteiger partial charge >= 0.3 is 0 Å². The first kappa shape index (κ1) is 11.9. The van der Waals surface area contributed by atoms with Crippen LogP contribution in [-0.2, 0) is 4.74 Å². The van der Waals surface area contributed by atoms with E-state index in [2.05, 4.69) is 16.8 Å². The molecule has 5 heteroatoms. The monoisotopic (exact) mass is 234 g/mol. The Balaban J connectivity index is 2.24. The summed E-state index contributed by atoms with van der Waals surface area (Å²) in [6.07, 6.45) is 2.96. The summed E-state index contributed by atoms with van der Waals surface area (Å²) < 4.78 is 5.62. The van der Waals surface area contributed by atoms with Gasteiger partial charge < -0.3 is 15.4 Å². The number of morpholine rings is 1. The zero-order chi connectivity index (χ0) is 12.3. The SMILES string of the molecule is CCC1CN(c2ncccc2C(=N)N)CCO1. The first-order valence-corrected chi connectivity index (χ1v) is 5.88. The number of hydrogen-bond donors (Lipinski definition) is 2. The molecule has 1 atom stereocenters. The van der Waals surface area contributed by atoms with E-state index in [0.717, 1.165) is 25.3 Å². The number of hydrogen-bond acceptors (Lipinski definition) is 4. The van der Waals surface area contributed by atoms with Gasteiger partial charge in [0.15, 0.2) is 0 Å². The van der Waals surface area contributed by atoms with E-state index in [0.29, 0.717) is 12.2 Å². The molecule has 1 aliphatic heterocycles. The number of amidine groups is 1. The number of rotatable bonds is 3. The van der Waals surface area contributed by atoms with Crippen LogP contribution in [0.5, 0.6) is 0 Å². The van der Waals surface area contributed by atoms with Crippen LogP contribution in [0.2, 0.25) is 0 Å². The van der Waals surface area contributed by atoms with Gasteiger partial charge in [0.05, 0.1) is 18.3 Å². The standard InChI is InChI=1S/C12H18N4O/c1-2-9-8-16(6-7-17-9)12-10(11(13)14)4-3-5-15-12/h3-5,9H,2,6-8H2,1H3,(H3,13,14). The second-order valence-electron chi connectivity index (χ2n) is 4.14. The molecule has 0 aliphatic carbocycles. The minimum atomic E-state index is 0.0626.